The molecule has 10 rings (SSSR count). The number of allylic oxidation sites excluding steroid dienone is 4. The molecule has 664 valence electrons. The Morgan fingerprint density at radius 2 is 0.475 bits per heavy atom. The average molecular weight is 1710 g/mol. The first-order valence-electron chi connectivity index (χ1n) is 38.8. The number of rotatable bonds is 40. The van der Waals surface area contributed by atoms with E-state index in [9.17, 15) is 76.7 Å². The molecule has 32 atom stereocenters. The van der Waals surface area contributed by atoms with Crippen molar-refractivity contribution in [3.05, 3.63) is 150 Å². The van der Waals surface area contributed by atoms with Crippen LogP contribution in [0.25, 0.3) is 0 Å². The molecule has 0 bridgehead atoms. The van der Waals surface area contributed by atoms with Crippen molar-refractivity contribution in [2.24, 2.45) is 118 Å². The number of fused-ring (bicyclic) bond motifs is 2. The van der Waals surface area contributed by atoms with Gasteiger partial charge >= 0.3 is 59.7 Å². The van der Waals surface area contributed by atoms with E-state index in [1.807, 2.05) is 12.2 Å². The Morgan fingerprint density at radius 1 is 0.262 bits per heavy atom. The number of cyclic esters (lactones) is 4. The summed E-state index contributed by atoms with van der Waals surface area (Å²) >= 11 is 0. The van der Waals surface area contributed by atoms with Crippen molar-refractivity contribution in [1.82, 2.24) is 0 Å². The summed E-state index contributed by atoms with van der Waals surface area (Å²) in [6.07, 6.45) is 19.5. The van der Waals surface area contributed by atoms with Gasteiger partial charge in [-0.1, -0.05) is 97.2 Å². The summed E-state index contributed by atoms with van der Waals surface area (Å²) in [6, 6.07) is 0. The fourth-order valence-corrected chi connectivity index (χ4v) is 17.9. The SMILES string of the molecule is C=CC1CC(C=CC2OC(C=C)C(C(=O)OC)C2COC=O)C(C(=O)OC)C1COC=O.C=CC1CC(C=CC2OC(C=C)C3C(=O)OC(=O)C23)C(C(=O)OC)C1COC=O.C=CC1OC(C=CC2OC(C=C)C(C(=O)OC)C2COC=O)C(C(=O)OC)C1COC=O.C=CC1OC(C=CC2OC(C=C)C3C(=O)OC(=O)C23)C(C(=O)OC)C1COC=O. The van der Waals surface area contributed by atoms with Crippen molar-refractivity contribution in [2.75, 3.05) is 82.3 Å². The first kappa shape index (κ1) is 97.7. The van der Waals surface area contributed by atoms with Crippen molar-refractivity contribution in [1.29, 1.82) is 0 Å². The number of methoxy groups -OCH3 is 6. The number of hydrogen-bond acceptors (Lipinski definition) is 36. The first-order valence-corrected chi connectivity index (χ1v) is 38.8. The van der Waals surface area contributed by atoms with E-state index in [2.05, 4.69) is 52.6 Å². The summed E-state index contributed by atoms with van der Waals surface area (Å²) in [5, 5.41) is 0. The fourth-order valence-electron chi connectivity index (χ4n) is 17.9. The van der Waals surface area contributed by atoms with Crippen LogP contribution in [-0.2, 0) is 171 Å². The molecule has 8 heterocycles. The van der Waals surface area contributed by atoms with Gasteiger partial charge in [0, 0.05) is 35.5 Å². The lowest BCUT2D eigenvalue weighted by Gasteiger charge is -2.22. The van der Waals surface area contributed by atoms with E-state index in [4.69, 9.17) is 94.7 Å². The molecule has 0 spiro atoms. The second-order valence-corrected chi connectivity index (χ2v) is 29.4. The van der Waals surface area contributed by atoms with E-state index >= 15 is 0 Å². The molecule has 10 fully saturated rings. The van der Waals surface area contributed by atoms with Gasteiger partial charge in [-0.05, 0) is 36.5 Å². The summed E-state index contributed by atoms with van der Waals surface area (Å²) < 4.78 is 104. The Kier molecular flexibility index (Phi) is 38.2. The third-order valence-electron chi connectivity index (χ3n) is 23.6. The van der Waals surface area contributed by atoms with Crippen LogP contribution in [0, 0.1) is 118 Å². The molecule has 0 aromatic carbocycles. The van der Waals surface area contributed by atoms with Crippen LogP contribution in [0.2, 0.25) is 0 Å². The third kappa shape index (κ3) is 22.4. The summed E-state index contributed by atoms with van der Waals surface area (Å²) in [5.74, 6) is -15.6. The smallest absolute Gasteiger partial charge is 0.320 e. The van der Waals surface area contributed by atoms with Gasteiger partial charge in [0.1, 0.15) is 23.7 Å². The van der Waals surface area contributed by atoms with Crippen LogP contribution in [0.5, 0.6) is 0 Å². The van der Waals surface area contributed by atoms with Gasteiger partial charge in [0.05, 0.1) is 191 Å². The van der Waals surface area contributed by atoms with Crippen molar-refractivity contribution in [3.8, 4) is 0 Å². The lowest BCUT2D eigenvalue weighted by molar-refractivity contribution is -0.158. The number of ether oxygens (including phenoxy) is 20. The monoisotopic (exact) mass is 1710 g/mol. The van der Waals surface area contributed by atoms with Crippen LogP contribution in [0.3, 0.4) is 0 Å². The van der Waals surface area contributed by atoms with Crippen LogP contribution in [0.15, 0.2) is 150 Å². The Morgan fingerprint density at radius 3 is 0.746 bits per heavy atom. The van der Waals surface area contributed by atoms with Gasteiger partial charge in [0.2, 0.25) is 0 Å². The maximum absolute atomic E-state index is 12.5. The predicted molar refractivity (Wildman–Crippen MR) is 416 cm³/mol. The van der Waals surface area contributed by atoms with E-state index < -0.39 is 216 Å². The average Bonchev–Trinajstić information content (AvgIpc) is 1.61. The lowest BCUT2D eigenvalue weighted by atomic mass is 9.85. The molecule has 36 nitrogen and oxygen atoms in total. The zero-order valence-electron chi connectivity index (χ0n) is 68.2. The number of esters is 10. The summed E-state index contributed by atoms with van der Waals surface area (Å²) in [6.45, 7) is 31.6. The van der Waals surface area contributed by atoms with Gasteiger partial charge in [0.15, 0.2) is 0 Å². The third-order valence-corrected chi connectivity index (χ3v) is 23.6. The minimum atomic E-state index is -0.788. The molecular formula is C86H104O36. The Balaban J connectivity index is 0.000000224. The molecule has 10 aliphatic rings. The van der Waals surface area contributed by atoms with Crippen molar-refractivity contribution >= 4 is 98.5 Å². The van der Waals surface area contributed by atoms with E-state index in [1.54, 1.807) is 48.6 Å². The molecule has 0 N–H and O–H groups in total. The quantitative estimate of drug-likeness (QED) is 0.0278. The highest BCUT2D eigenvalue weighted by Crippen LogP contribution is 2.49. The van der Waals surface area contributed by atoms with Crippen LogP contribution < -0.4 is 0 Å². The minimum absolute atomic E-state index is 0.0429. The molecule has 2 aliphatic carbocycles. The van der Waals surface area contributed by atoms with Gasteiger partial charge in [-0.3, -0.25) is 76.7 Å². The fraction of sp³-hybridized carbons (Fsp3) is 0.535. The zero-order chi connectivity index (χ0) is 89.6. The molecule has 122 heavy (non-hydrogen) atoms. The minimum Gasteiger partial charge on any atom is -0.469 e. The molecule has 0 amide bonds. The zero-order valence-corrected chi connectivity index (χ0v) is 68.2. The molecule has 0 radical (unpaired) electrons. The number of carbonyl (C=O) groups excluding carboxylic acids is 16. The standard InChI is InChI=1S/C23H30O9.C22H28O10.C21H24O8.C20H22O9/c1-5-14-9-15(20(22(26)28-3)16(14)10-30-12-24)7-8-19-17(11-31-13-25)21(23(27)29-4)18(6-2)32-19;1-5-15-13(9-29-11-23)20(22(26)28-4)18(31-15)8-7-17-14(10-30-12-24)19(21(25)27-3)16(6-2)32-17;1-4-11-8-12(16(19(23)26-3)13(11)9-27-10-22)6-7-15-18-17(14(5-2)28-15)20(24)29-21(18)25;1-4-11-10(8-26-9-21)15(18(22)25-3)13(27-11)6-7-14-17-16(12(5-2)28-14)19(23)29-20(17)24/h5-8,12-21H,1-2,9-11H2,3-4H3;5-8,11-20H,1-2,9-10H2,3-4H3;4-7,10-18H,1-2,8-9H2,3H3;4-7,9-17H,1-2,8H2,3H3. The lowest BCUT2D eigenvalue weighted by Crippen LogP contribution is -2.33. The van der Waals surface area contributed by atoms with Gasteiger partial charge in [-0.2, -0.15) is 0 Å². The summed E-state index contributed by atoms with van der Waals surface area (Å²) in [7, 11) is 7.66. The molecular weight excluding hydrogens is 1610 g/mol. The first-order chi connectivity index (χ1) is 58.8. The molecule has 2 saturated carbocycles. The van der Waals surface area contributed by atoms with Crippen molar-refractivity contribution in [2.45, 2.75) is 86.1 Å². The number of hydrogen-bond donors (Lipinski definition) is 0. The predicted octanol–water partition coefficient (Wildman–Crippen LogP) is 3.64. The topological polar surface area (TPSA) is 458 Å². The highest BCUT2D eigenvalue weighted by atomic mass is 16.6. The molecule has 32 unspecified atom stereocenters. The van der Waals surface area contributed by atoms with E-state index in [1.165, 1.54) is 79.1 Å². The van der Waals surface area contributed by atoms with Gasteiger partial charge < -0.3 is 94.7 Å². The molecule has 8 aliphatic heterocycles. The summed E-state index contributed by atoms with van der Waals surface area (Å²) in [4.78, 5) is 187. The van der Waals surface area contributed by atoms with Crippen molar-refractivity contribution in [3.63, 3.8) is 0 Å². The van der Waals surface area contributed by atoms with Crippen LogP contribution in [0.1, 0.15) is 12.8 Å². The Hall–Kier alpha value is -11.4. The van der Waals surface area contributed by atoms with Crippen LogP contribution >= 0.6 is 0 Å². The number of carbonyl (C=O) groups is 16. The Labute approximate surface area is 703 Å². The maximum Gasteiger partial charge on any atom is 0.320 e. The highest BCUT2D eigenvalue weighted by molar-refractivity contribution is 5.99. The maximum atomic E-state index is 12.5. The van der Waals surface area contributed by atoms with Crippen LogP contribution in [-0.4, -0.2) is 254 Å². The molecule has 36 heteroatoms. The van der Waals surface area contributed by atoms with Gasteiger partial charge in [-0.15, -0.1) is 52.6 Å². The molecule has 0 aromatic rings. The highest BCUT2D eigenvalue weighted by Gasteiger charge is 2.60. The van der Waals surface area contributed by atoms with Crippen LogP contribution in [0.4, 0.5) is 0 Å². The van der Waals surface area contributed by atoms with Gasteiger partial charge in [0.25, 0.3) is 38.8 Å². The normalized spacial score (nSPS) is 36.1. The van der Waals surface area contributed by atoms with Crippen molar-refractivity contribution < 1.29 is 171 Å². The second kappa shape index (κ2) is 47.7. The second-order valence-electron chi connectivity index (χ2n) is 29.4. The molecule has 8 saturated heterocycles. The largest absolute Gasteiger partial charge is 0.469 e. The Bertz CT molecular complexity index is 3680. The van der Waals surface area contributed by atoms with E-state index in [0.29, 0.717) is 45.2 Å². The van der Waals surface area contributed by atoms with E-state index in [-0.39, 0.29) is 81.6 Å². The molecule has 0 aromatic heterocycles. The summed E-state index contributed by atoms with van der Waals surface area (Å²) in [5.41, 5.74) is 0. The van der Waals surface area contributed by atoms with E-state index in [0.717, 1.165) is 0 Å². The van der Waals surface area contributed by atoms with Gasteiger partial charge in [-0.25, -0.2) is 0 Å².